The zero-order chi connectivity index (χ0) is 16.8. The van der Waals surface area contributed by atoms with Gasteiger partial charge in [-0.25, -0.2) is 14.8 Å². The molecule has 0 saturated carbocycles. The Labute approximate surface area is 136 Å². The predicted octanol–water partition coefficient (Wildman–Crippen LogP) is 3.83. The number of aromatic nitrogens is 2. The van der Waals surface area contributed by atoms with Crippen molar-refractivity contribution in [3.8, 4) is 17.0 Å². The van der Waals surface area contributed by atoms with E-state index in [1.807, 2.05) is 13.0 Å². The first kappa shape index (κ1) is 16.9. The Hall–Kier alpha value is -2.43. The summed E-state index contributed by atoms with van der Waals surface area (Å²) in [6, 6.07) is 6.90. The number of carbonyl (C=O) groups is 1. The van der Waals surface area contributed by atoms with Crippen LogP contribution in [0.15, 0.2) is 30.5 Å². The SMILES string of the molecule is CCOc1ccc(-c2ccnc(C[C@@H](C)CC)n2)cc1C(=O)O. The summed E-state index contributed by atoms with van der Waals surface area (Å²) >= 11 is 0. The molecule has 0 aliphatic carbocycles. The fourth-order valence-electron chi connectivity index (χ4n) is 2.25. The van der Waals surface area contributed by atoms with E-state index in [0.29, 0.717) is 18.3 Å². The van der Waals surface area contributed by atoms with E-state index >= 15 is 0 Å². The standard InChI is InChI=1S/C18H22N2O3/c1-4-12(3)10-17-19-9-8-15(20-17)13-6-7-16(23-5-2)14(11-13)18(21)22/h6-9,11-12H,4-5,10H2,1-3H3,(H,21,22)/t12-/m0/s1. The van der Waals surface area contributed by atoms with E-state index in [9.17, 15) is 9.90 Å². The third-order valence-corrected chi connectivity index (χ3v) is 3.74. The molecule has 0 bridgehead atoms. The van der Waals surface area contributed by atoms with Crippen LogP contribution in [0.5, 0.6) is 5.75 Å². The summed E-state index contributed by atoms with van der Waals surface area (Å²) in [5, 5.41) is 9.36. The minimum Gasteiger partial charge on any atom is -0.493 e. The number of aromatic carboxylic acids is 1. The predicted molar refractivity (Wildman–Crippen MR) is 88.8 cm³/mol. The monoisotopic (exact) mass is 314 g/mol. The third-order valence-electron chi connectivity index (χ3n) is 3.74. The van der Waals surface area contributed by atoms with Crippen LogP contribution in [0.3, 0.4) is 0 Å². The fourth-order valence-corrected chi connectivity index (χ4v) is 2.25. The summed E-state index contributed by atoms with van der Waals surface area (Å²) < 4.78 is 5.37. The molecule has 2 rings (SSSR count). The van der Waals surface area contributed by atoms with Crippen LogP contribution in [0.1, 0.15) is 43.4 Å². The Balaban J connectivity index is 2.36. The number of benzene rings is 1. The van der Waals surface area contributed by atoms with Crippen molar-refractivity contribution in [2.24, 2.45) is 5.92 Å². The molecule has 1 aromatic heterocycles. The molecule has 0 saturated heterocycles. The van der Waals surface area contributed by atoms with Gasteiger partial charge in [0, 0.05) is 18.2 Å². The fraction of sp³-hybridized carbons (Fsp3) is 0.389. The summed E-state index contributed by atoms with van der Waals surface area (Å²) in [6.45, 7) is 6.55. The van der Waals surface area contributed by atoms with Crippen molar-refractivity contribution in [2.45, 2.75) is 33.6 Å². The van der Waals surface area contributed by atoms with Gasteiger partial charge in [0.1, 0.15) is 17.1 Å². The van der Waals surface area contributed by atoms with Gasteiger partial charge >= 0.3 is 5.97 Å². The Morgan fingerprint density at radius 2 is 2.09 bits per heavy atom. The van der Waals surface area contributed by atoms with Gasteiger partial charge in [-0.2, -0.15) is 0 Å². The molecular weight excluding hydrogens is 292 g/mol. The average molecular weight is 314 g/mol. The molecule has 0 aliphatic heterocycles. The van der Waals surface area contributed by atoms with Crippen LogP contribution in [0, 0.1) is 5.92 Å². The molecule has 0 unspecified atom stereocenters. The van der Waals surface area contributed by atoms with Crippen molar-refractivity contribution in [3.63, 3.8) is 0 Å². The summed E-state index contributed by atoms with van der Waals surface area (Å²) in [5.74, 6) is 0.657. The van der Waals surface area contributed by atoms with Gasteiger partial charge in [0.2, 0.25) is 0 Å². The Morgan fingerprint density at radius 1 is 1.30 bits per heavy atom. The van der Waals surface area contributed by atoms with Gasteiger partial charge in [-0.1, -0.05) is 20.3 Å². The summed E-state index contributed by atoms with van der Waals surface area (Å²) in [6.07, 6.45) is 3.60. The van der Waals surface area contributed by atoms with Gasteiger partial charge in [-0.05, 0) is 37.1 Å². The molecule has 1 heterocycles. The van der Waals surface area contributed by atoms with Crippen LogP contribution >= 0.6 is 0 Å². The van der Waals surface area contributed by atoms with E-state index in [1.54, 1.807) is 24.4 Å². The highest BCUT2D eigenvalue weighted by Gasteiger charge is 2.14. The van der Waals surface area contributed by atoms with E-state index in [2.05, 4.69) is 23.8 Å². The van der Waals surface area contributed by atoms with Gasteiger partial charge in [0.15, 0.2) is 0 Å². The average Bonchev–Trinajstić information content (AvgIpc) is 2.55. The minimum atomic E-state index is -1.01. The largest absolute Gasteiger partial charge is 0.493 e. The number of rotatable bonds is 7. The van der Waals surface area contributed by atoms with Crippen molar-refractivity contribution in [1.82, 2.24) is 9.97 Å². The topological polar surface area (TPSA) is 72.3 Å². The number of carboxylic acid groups (broad SMARTS) is 1. The molecule has 5 heteroatoms. The van der Waals surface area contributed by atoms with E-state index in [1.165, 1.54) is 0 Å². The molecule has 0 spiro atoms. The first-order valence-corrected chi connectivity index (χ1v) is 7.87. The molecule has 122 valence electrons. The molecule has 23 heavy (non-hydrogen) atoms. The van der Waals surface area contributed by atoms with Gasteiger partial charge in [0.05, 0.1) is 12.3 Å². The summed E-state index contributed by atoms with van der Waals surface area (Å²) in [4.78, 5) is 20.3. The third kappa shape index (κ3) is 4.28. The van der Waals surface area contributed by atoms with Crippen LogP contribution < -0.4 is 4.74 Å². The molecule has 0 aliphatic rings. The normalized spacial score (nSPS) is 12.0. The van der Waals surface area contributed by atoms with E-state index in [4.69, 9.17) is 4.74 Å². The Kier molecular flexibility index (Phi) is 5.68. The molecule has 1 atom stereocenters. The van der Waals surface area contributed by atoms with Crippen LogP contribution in [0.4, 0.5) is 0 Å². The Morgan fingerprint density at radius 3 is 2.74 bits per heavy atom. The molecule has 0 amide bonds. The second kappa shape index (κ2) is 7.72. The maximum atomic E-state index is 11.4. The summed E-state index contributed by atoms with van der Waals surface area (Å²) in [5.41, 5.74) is 1.62. The molecule has 5 nitrogen and oxygen atoms in total. The van der Waals surface area contributed by atoms with Gasteiger partial charge in [-0.3, -0.25) is 0 Å². The van der Waals surface area contributed by atoms with Crippen LogP contribution in [0.2, 0.25) is 0 Å². The highest BCUT2D eigenvalue weighted by Crippen LogP contribution is 2.26. The molecule has 1 aromatic carbocycles. The maximum absolute atomic E-state index is 11.4. The molecule has 0 fully saturated rings. The minimum absolute atomic E-state index is 0.145. The molecule has 0 radical (unpaired) electrons. The maximum Gasteiger partial charge on any atom is 0.339 e. The molecule has 1 N–H and O–H groups in total. The van der Waals surface area contributed by atoms with Crippen molar-refractivity contribution >= 4 is 5.97 Å². The lowest BCUT2D eigenvalue weighted by Gasteiger charge is -2.11. The van der Waals surface area contributed by atoms with E-state index in [-0.39, 0.29) is 5.56 Å². The second-order valence-electron chi connectivity index (χ2n) is 5.52. The quantitative estimate of drug-likeness (QED) is 0.841. The van der Waals surface area contributed by atoms with Gasteiger partial charge < -0.3 is 9.84 Å². The second-order valence-corrected chi connectivity index (χ2v) is 5.52. The number of nitrogens with zero attached hydrogens (tertiary/aromatic N) is 2. The first-order valence-electron chi connectivity index (χ1n) is 7.87. The number of hydrogen-bond donors (Lipinski definition) is 1. The highest BCUT2D eigenvalue weighted by atomic mass is 16.5. The van der Waals surface area contributed by atoms with Gasteiger partial charge in [-0.15, -0.1) is 0 Å². The van der Waals surface area contributed by atoms with Crippen LogP contribution in [0.25, 0.3) is 11.3 Å². The lowest BCUT2D eigenvalue weighted by molar-refractivity contribution is 0.0692. The van der Waals surface area contributed by atoms with E-state index < -0.39 is 5.97 Å². The van der Waals surface area contributed by atoms with Gasteiger partial charge in [0.25, 0.3) is 0 Å². The zero-order valence-corrected chi connectivity index (χ0v) is 13.7. The smallest absolute Gasteiger partial charge is 0.339 e. The van der Waals surface area contributed by atoms with Crippen LogP contribution in [-0.2, 0) is 6.42 Å². The molecule has 2 aromatic rings. The molecular formula is C18H22N2O3. The number of carboxylic acids is 1. The van der Waals surface area contributed by atoms with Crippen molar-refractivity contribution in [1.29, 1.82) is 0 Å². The lowest BCUT2D eigenvalue weighted by atomic mass is 10.0. The van der Waals surface area contributed by atoms with Crippen LogP contribution in [-0.4, -0.2) is 27.7 Å². The highest BCUT2D eigenvalue weighted by molar-refractivity contribution is 5.92. The first-order chi connectivity index (χ1) is 11.0. The number of ether oxygens (including phenoxy) is 1. The summed E-state index contributed by atoms with van der Waals surface area (Å²) in [7, 11) is 0. The number of hydrogen-bond acceptors (Lipinski definition) is 4. The van der Waals surface area contributed by atoms with Crippen molar-refractivity contribution in [2.75, 3.05) is 6.61 Å². The van der Waals surface area contributed by atoms with E-state index in [0.717, 1.165) is 29.9 Å². The zero-order valence-electron chi connectivity index (χ0n) is 13.7. The lowest BCUT2D eigenvalue weighted by Crippen LogP contribution is -2.05. The van der Waals surface area contributed by atoms with Crippen molar-refractivity contribution in [3.05, 3.63) is 41.9 Å². The Bertz CT molecular complexity index is 686. The van der Waals surface area contributed by atoms with Crippen molar-refractivity contribution < 1.29 is 14.6 Å².